The third kappa shape index (κ3) is 7.60. The van der Waals surface area contributed by atoms with Gasteiger partial charge in [-0.25, -0.2) is 5.09 Å². The molecular formula is C23H38NO6P. The first kappa shape index (κ1) is 25.9. The van der Waals surface area contributed by atoms with Crippen LogP contribution in [0.5, 0.6) is 5.75 Å². The lowest BCUT2D eigenvalue weighted by molar-refractivity contribution is -0.149. The van der Waals surface area contributed by atoms with Crippen LogP contribution in [0.3, 0.4) is 0 Å². The summed E-state index contributed by atoms with van der Waals surface area (Å²) >= 11 is 0. The van der Waals surface area contributed by atoms with Gasteiger partial charge in [0.2, 0.25) is 0 Å². The Bertz CT molecular complexity index is 747. The van der Waals surface area contributed by atoms with Crippen LogP contribution in [0.2, 0.25) is 0 Å². The maximum Gasteiger partial charge on any atom is 0.342 e. The van der Waals surface area contributed by atoms with E-state index in [-0.39, 0.29) is 30.4 Å². The van der Waals surface area contributed by atoms with Crippen LogP contribution < -0.4 is 9.61 Å². The minimum absolute atomic E-state index is 0.137. The van der Waals surface area contributed by atoms with Gasteiger partial charge in [0.1, 0.15) is 18.1 Å². The number of nitrogens with one attached hydrogen (secondary N) is 1. The van der Waals surface area contributed by atoms with Crippen molar-refractivity contribution in [1.82, 2.24) is 5.09 Å². The standard InChI is InChI=1S/C23H38NO6P/c1-15(2)20-9-8-10-21(16(3)4)22(20)30-31(26,14-28-19-11-12-27-13-19)24-18(7)23(25)29-17(5)6/h8-10,15-19H,11-14H2,1-7H3,(H,24,26)/t18?,19-,31?/m1/s1. The molecule has 7 nitrogen and oxygen atoms in total. The average Bonchev–Trinajstić information content (AvgIpc) is 3.19. The molecule has 8 heteroatoms. The van der Waals surface area contributed by atoms with Gasteiger partial charge in [0.05, 0.1) is 18.8 Å². The lowest BCUT2D eigenvalue weighted by Gasteiger charge is -2.28. The van der Waals surface area contributed by atoms with Crippen molar-refractivity contribution in [1.29, 1.82) is 0 Å². The van der Waals surface area contributed by atoms with E-state index < -0.39 is 19.5 Å². The Morgan fingerprint density at radius 2 is 1.74 bits per heavy atom. The predicted octanol–water partition coefficient (Wildman–Crippen LogP) is 5.20. The first-order valence-corrected chi connectivity index (χ1v) is 12.9. The highest BCUT2D eigenvalue weighted by atomic mass is 31.2. The van der Waals surface area contributed by atoms with Crippen LogP contribution in [0.25, 0.3) is 0 Å². The van der Waals surface area contributed by atoms with E-state index in [0.29, 0.717) is 19.0 Å². The van der Waals surface area contributed by atoms with E-state index in [0.717, 1.165) is 17.5 Å². The van der Waals surface area contributed by atoms with E-state index in [4.69, 9.17) is 18.7 Å². The van der Waals surface area contributed by atoms with Crippen LogP contribution in [-0.4, -0.2) is 43.8 Å². The second kappa shape index (κ2) is 11.5. The molecule has 1 aliphatic heterocycles. The summed E-state index contributed by atoms with van der Waals surface area (Å²) in [4.78, 5) is 12.4. The van der Waals surface area contributed by atoms with Gasteiger partial charge in [-0.3, -0.25) is 9.36 Å². The average molecular weight is 456 g/mol. The Hall–Kier alpha value is -1.40. The minimum atomic E-state index is -3.61. The zero-order valence-electron chi connectivity index (χ0n) is 19.8. The van der Waals surface area contributed by atoms with Crippen molar-refractivity contribution in [2.24, 2.45) is 0 Å². The largest absolute Gasteiger partial charge is 0.462 e. The van der Waals surface area contributed by atoms with Gasteiger partial charge >= 0.3 is 13.5 Å². The second-order valence-electron chi connectivity index (χ2n) is 8.96. The van der Waals surface area contributed by atoms with Gasteiger partial charge in [-0.05, 0) is 50.2 Å². The van der Waals surface area contributed by atoms with Crippen molar-refractivity contribution in [2.75, 3.05) is 19.6 Å². The second-order valence-corrected chi connectivity index (χ2v) is 11.0. The number of hydrogen-bond acceptors (Lipinski definition) is 6. The molecule has 0 aromatic heterocycles. The van der Waals surface area contributed by atoms with Crippen molar-refractivity contribution in [2.45, 2.75) is 85.0 Å². The summed E-state index contributed by atoms with van der Waals surface area (Å²) in [6, 6.07) is 5.15. The lowest BCUT2D eigenvalue weighted by atomic mass is 9.94. The predicted molar refractivity (Wildman–Crippen MR) is 122 cm³/mol. The van der Waals surface area contributed by atoms with E-state index >= 15 is 0 Å². The molecule has 176 valence electrons. The summed E-state index contributed by atoms with van der Waals surface area (Å²) in [6.07, 6.45) is 0.175. The quantitative estimate of drug-likeness (QED) is 0.363. The van der Waals surface area contributed by atoms with Gasteiger partial charge in [-0.1, -0.05) is 45.9 Å². The number of hydrogen-bond donors (Lipinski definition) is 1. The molecular weight excluding hydrogens is 417 g/mol. The zero-order chi connectivity index (χ0) is 23.2. The van der Waals surface area contributed by atoms with Crippen molar-refractivity contribution in [3.8, 4) is 5.75 Å². The normalized spacial score (nSPS) is 19.6. The molecule has 0 radical (unpaired) electrons. The highest BCUT2D eigenvalue weighted by molar-refractivity contribution is 7.57. The summed E-state index contributed by atoms with van der Waals surface area (Å²) in [5, 5.41) is 2.90. The highest BCUT2D eigenvalue weighted by Gasteiger charge is 2.34. The molecule has 1 heterocycles. The molecule has 1 aromatic rings. The fraction of sp³-hybridized carbons (Fsp3) is 0.696. The number of esters is 1. The molecule has 0 aliphatic carbocycles. The first-order chi connectivity index (χ1) is 14.5. The molecule has 0 amide bonds. The number of para-hydroxylation sites is 1. The summed E-state index contributed by atoms with van der Waals surface area (Å²) in [5.41, 5.74) is 1.93. The van der Waals surface area contributed by atoms with Crippen LogP contribution in [-0.2, 0) is 23.6 Å². The molecule has 1 aromatic carbocycles. The Labute approximate surface area is 186 Å². The van der Waals surface area contributed by atoms with Gasteiger partial charge in [0.15, 0.2) is 0 Å². The lowest BCUT2D eigenvalue weighted by Crippen LogP contribution is -2.37. The fourth-order valence-electron chi connectivity index (χ4n) is 3.36. The number of benzene rings is 1. The molecule has 2 unspecified atom stereocenters. The molecule has 0 spiro atoms. The Balaban J connectivity index is 2.34. The third-order valence-corrected chi connectivity index (χ3v) is 6.77. The number of ether oxygens (including phenoxy) is 3. The Morgan fingerprint density at radius 3 is 2.23 bits per heavy atom. The SMILES string of the molecule is CC(C)OC(=O)C(C)NP(=O)(CO[C@@H]1CCOC1)Oc1c(C(C)C)cccc1C(C)C. The molecule has 1 saturated heterocycles. The molecule has 3 atom stereocenters. The van der Waals surface area contributed by atoms with Gasteiger partial charge < -0.3 is 18.7 Å². The summed E-state index contributed by atoms with van der Waals surface area (Å²) in [6.45, 7) is 14.5. The number of rotatable bonds is 11. The van der Waals surface area contributed by atoms with E-state index in [9.17, 15) is 9.36 Å². The highest BCUT2D eigenvalue weighted by Crippen LogP contribution is 2.48. The summed E-state index contributed by atoms with van der Waals surface area (Å²) in [7, 11) is -3.61. The van der Waals surface area contributed by atoms with Crippen LogP contribution >= 0.6 is 7.52 Å². The molecule has 0 saturated carbocycles. The van der Waals surface area contributed by atoms with Crippen LogP contribution in [0.4, 0.5) is 0 Å². The number of carbonyl (C=O) groups excluding carboxylic acids is 1. The minimum Gasteiger partial charge on any atom is -0.462 e. The molecule has 1 fully saturated rings. The van der Waals surface area contributed by atoms with Crippen LogP contribution in [0.1, 0.15) is 77.8 Å². The first-order valence-electron chi connectivity index (χ1n) is 11.1. The van der Waals surface area contributed by atoms with E-state index in [1.165, 1.54) is 0 Å². The fourth-order valence-corrected chi connectivity index (χ4v) is 5.14. The monoisotopic (exact) mass is 455 g/mol. The number of carbonyl (C=O) groups is 1. The van der Waals surface area contributed by atoms with Gasteiger partial charge in [0, 0.05) is 6.61 Å². The van der Waals surface area contributed by atoms with Crippen molar-refractivity contribution >= 4 is 13.5 Å². The third-order valence-electron chi connectivity index (χ3n) is 5.02. The van der Waals surface area contributed by atoms with E-state index in [2.05, 4.69) is 32.8 Å². The van der Waals surface area contributed by atoms with E-state index in [1.807, 2.05) is 18.2 Å². The summed E-state index contributed by atoms with van der Waals surface area (Å²) in [5.74, 6) is 0.465. The smallest absolute Gasteiger partial charge is 0.342 e. The molecule has 1 N–H and O–H groups in total. The molecule has 0 bridgehead atoms. The summed E-state index contributed by atoms with van der Waals surface area (Å²) < 4.78 is 36.7. The molecule has 2 rings (SSSR count). The van der Waals surface area contributed by atoms with Crippen LogP contribution in [0, 0.1) is 0 Å². The van der Waals surface area contributed by atoms with Gasteiger partial charge in [-0.15, -0.1) is 0 Å². The van der Waals surface area contributed by atoms with Gasteiger partial charge in [0.25, 0.3) is 0 Å². The van der Waals surface area contributed by atoms with Crippen molar-refractivity contribution in [3.63, 3.8) is 0 Å². The van der Waals surface area contributed by atoms with E-state index in [1.54, 1.807) is 20.8 Å². The Morgan fingerprint density at radius 1 is 1.13 bits per heavy atom. The molecule has 31 heavy (non-hydrogen) atoms. The zero-order valence-corrected chi connectivity index (χ0v) is 20.7. The van der Waals surface area contributed by atoms with Crippen molar-refractivity contribution in [3.05, 3.63) is 29.3 Å². The molecule has 1 aliphatic rings. The van der Waals surface area contributed by atoms with Gasteiger partial charge in [-0.2, -0.15) is 0 Å². The van der Waals surface area contributed by atoms with Crippen LogP contribution in [0.15, 0.2) is 18.2 Å². The maximum absolute atomic E-state index is 14.0. The Kier molecular flexibility index (Phi) is 9.56. The topological polar surface area (TPSA) is 83.1 Å². The maximum atomic E-state index is 14.0. The van der Waals surface area contributed by atoms with Crippen molar-refractivity contribution < 1.29 is 28.1 Å².